The number of nitrogens with one attached hydrogen (secondary N) is 2. The minimum atomic E-state index is -0.442. The van der Waals surface area contributed by atoms with E-state index in [1.165, 1.54) is 0 Å². The molecule has 0 aliphatic heterocycles. The summed E-state index contributed by atoms with van der Waals surface area (Å²) in [4.78, 5) is 24.9. The number of hydrogen-bond donors (Lipinski definition) is 2. The molecule has 4 nitrogen and oxygen atoms in total. The van der Waals surface area contributed by atoms with Crippen molar-refractivity contribution in [3.8, 4) is 0 Å². The van der Waals surface area contributed by atoms with Gasteiger partial charge in [-0.2, -0.15) is 0 Å². The lowest BCUT2D eigenvalue weighted by Gasteiger charge is -2.40. The molecule has 1 aliphatic carbocycles. The van der Waals surface area contributed by atoms with Crippen LogP contribution in [0.2, 0.25) is 0 Å². The first-order valence-corrected chi connectivity index (χ1v) is 8.93. The summed E-state index contributed by atoms with van der Waals surface area (Å²) in [5.74, 6) is -0.0834. The van der Waals surface area contributed by atoms with E-state index in [-0.39, 0.29) is 11.8 Å². The smallest absolute Gasteiger partial charge is 0.255 e. The summed E-state index contributed by atoms with van der Waals surface area (Å²) >= 11 is 0. The Morgan fingerprint density at radius 2 is 1.73 bits per heavy atom. The van der Waals surface area contributed by atoms with E-state index in [9.17, 15) is 9.59 Å². The molecule has 0 atom stereocenters. The zero-order chi connectivity index (χ0) is 18.6. The summed E-state index contributed by atoms with van der Waals surface area (Å²) in [6.07, 6.45) is 4.44. The third-order valence-corrected chi connectivity index (χ3v) is 5.06. The van der Waals surface area contributed by atoms with Crippen LogP contribution in [0.15, 0.2) is 61.2 Å². The van der Waals surface area contributed by atoms with Crippen LogP contribution in [-0.2, 0) is 10.2 Å². The molecule has 0 unspecified atom stereocenters. The van der Waals surface area contributed by atoms with Crippen LogP contribution in [0.4, 0.5) is 5.69 Å². The number of anilines is 1. The van der Waals surface area contributed by atoms with Crippen molar-refractivity contribution in [1.82, 2.24) is 5.32 Å². The van der Waals surface area contributed by atoms with Crippen LogP contribution in [0.25, 0.3) is 0 Å². The van der Waals surface area contributed by atoms with Gasteiger partial charge in [-0.3, -0.25) is 9.59 Å². The molecule has 0 aromatic heterocycles. The lowest BCUT2D eigenvalue weighted by molar-refractivity contribution is -0.129. The summed E-state index contributed by atoms with van der Waals surface area (Å²) in [7, 11) is 0. The molecule has 2 N–H and O–H groups in total. The van der Waals surface area contributed by atoms with Gasteiger partial charge in [0, 0.05) is 17.8 Å². The summed E-state index contributed by atoms with van der Waals surface area (Å²) in [6, 6.07) is 15.1. The molecule has 0 heterocycles. The highest BCUT2D eigenvalue weighted by atomic mass is 16.2. The van der Waals surface area contributed by atoms with Crippen molar-refractivity contribution in [3.63, 3.8) is 0 Å². The standard InChI is InChI=1S/C22H24N2O2/c1-3-15-23-21(26)22(13-4-14-22)18-9-11-19(12-10-18)24-20(25)17-7-5-16(2)6-8-17/h3,5-12H,1,4,13-15H2,2H3,(H,23,26)(H,24,25). The monoisotopic (exact) mass is 348 g/mol. The van der Waals surface area contributed by atoms with Gasteiger partial charge in [-0.1, -0.05) is 42.3 Å². The van der Waals surface area contributed by atoms with Crippen molar-refractivity contribution in [1.29, 1.82) is 0 Å². The fourth-order valence-electron chi connectivity index (χ4n) is 3.29. The van der Waals surface area contributed by atoms with Crippen molar-refractivity contribution in [3.05, 3.63) is 77.9 Å². The Hall–Kier alpha value is -2.88. The molecule has 134 valence electrons. The van der Waals surface area contributed by atoms with Gasteiger partial charge in [-0.15, -0.1) is 6.58 Å². The molecule has 2 amide bonds. The normalized spacial score (nSPS) is 14.8. The van der Waals surface area contributed by atoms with Gasteiger partial charge in [0.2, 0.25) is 5.91 Å². The van der Waals surface area contributed by atoms with Crippen LogP contribution in [0.3, 0.4) is 0 Å². The summed E-state index contributed by atoms with van der Waals surface area (Å²) < 4.78 is 0. The number of rotatable bonds is 6. The number of carbonyl (C=O) groups is 2. The van der Waals surface area contributed by atoms with Crippen LogP contribution >= 0.6 is 0 Å². The minimum Gasteiger partial charge on any atom is -0.352 e. The van der Waals surface area contributed by atoms with Crippen LogP contribution < -0.4 is 10.6 Å². The number of carbonyl (C=O) groups excluding carboxylic acids is 2. The Bertz CT molecular complexity index is 803. The molecule has 0 spiro atoms. The molecular formula is C22H24N2O2. The maximum absolute atomic E-state index is 12.6. The van der Waals surface area contributed by atoms with Crippen molar-refractivity contribution >= 4 is 17.5 Å². The first-order valence-electron chi connectivity index (χ1n) is 8.93. The molecular weight excluding hydrogens is 324 g/mol. The molecule has 4 heteroatoms. The first-order chi connectivity index (χ1) is 12.5. The van der Waals surface area contributed by atoms with Crippen molar-refractivity contribution in [2.75, 3.05) is 11.9 Å². The zero-order valence-electron chi connectivity index (χ0n) is 15.0. The van der Waals surface area contributed by atoms with E-state index in [1.54, 1.807) is 6.08 Å². The fourth-order valence-corrected chi connectivity index (χ4v) is 3.29. The first kappa shape index (κ1) is 17.9. The minimum absolute atomic E-state index is 0.0556. The van der Waals surface area contributed by atoms with Crippen LogP contribution in [0.1, 0.15) is 40.7 Å². The predicted molar refractivity (Wildman–Crippen MR) is 104 cm³/mol. The molecule has 3 rings (SSSR count). The Balaban J connectivity index is 1.71. The molecule has 26 heavy (non-hydrogen) atoms. The highest BCUT2D eigenvalue weighted by Gasteiger charge is 2.45. The molecule has 0 saturated heterocycles. The Morgan fingerprint density at radius 1 is 1.08 bits per heavy atom. The third-order valence-electron chi connectivity index (χ3n) is 5.06. The maximum atomic E-state index is 12.6. The van der Waals surface area contributed by atoms with Crippen LogP contribution in [0, 0.1) is 6.92 Å². The van der Waals surface area contributed by atoms with Gasteiger partial charge >= 0.3 is 0 Å². The average Bonchev–Trinajstić information content (AvgIpc) is 2.61. The third kappa shape index (κ3) is 3.54. The van der Waals surface area contributed by atoms with Gasteiger partial charge in [0.25, 0.3) is 5.91 Å². The van der Waals surface area contributed by atoms with E-state index in [1.807, 2.05) is 55.5 Å². The highest BCUT2D eigenvalue weighted by Crippen LogP contribution is 2.44. The predicted octanol–water partition coefficient (Wildman–Crippen LogP) is 3.97. The highest BCUT2D eigenvalue weighted by molar-refractivity contribution is 6.04. The fraction of sp³-hybridized carbons (Fsp3) is 0.273. The summed E-state index contributed by atoms with van der Waals surface area (Å²) in [6.45, 7) is 6.11. The molecule has 2 aromatic rings. The second-order valence-corrected chi connectivity index (χ2v) is 6.83. The summed E-state index contributed by atoms with van der Waals surface area (Å²) in [5, 5.41) is 5.82. The molecule has 1 aliphatic rings. The maximum Gasteiger partial charge on any atom is 0.255 e. The largest absolute Gasteiger partial charge is 0.352 e. The van der Waals surface area contributed by atoms with E-state index in [2.05, 4.69) is 17.2 Å². The zero-order valence-corrected chi connectivity index (χ0v) is 15.0. The van der Waals surface area contributed by atoms with E-state index in [0.29, 0.717) is 12.1 Å². The topological polar surface area (TPSA) is 58.2 Å². The molecule has 0 radical (unpaired) electrons. The van der Waals surface area contributed by atoms with Gasteiger partial charge in [0.1, 0.15) is 0 Å². The van der Waals surface area contributed by atoms with Gasteiger partial charge in [0.15, 0.2) is 0 Å². The molecule has 1 saturated carbocycles. The second kappa shape index (κ2) is 7.56. The molecule has 0 bridgehead atoms. The number of aryl methyl sites for hydroxylation is 1. The van der Waals surface area contributed by atoms with Gasteiger partial charge < -0.3 is 10.6 Å². The van der Waals surface area contributed by atoms with Crippen molar-refractivity contribution in [2.24, 2.45) is 0 Å². The van der Waals surface area contributed by atoms with E-state index >= 15 is 0 Å². The van der Waals surface area contributed by atoms with Gasteiger partial charge in [-0.25, -0.2) is 0 Å². The van der Waals surface area contributed by atoms with E-state index in [0.717, 1.165) is 36.1 Å². The quantitative estimate of drug-likeness (QED) is 0.776. The van der Waals surface area contributed by atoms with Crippen molar-refractivity contribution in [2.45, 2.75) is 31.6 Å². The van der Waals surface area contributed by atoms with Gasteiger partial charge in [0.05, 0.1) is 5.41 Å². The van der Waals surface area contributed by atoms with Gasteiger partial charge in [-0.05, 0) is 49.6 Å². The van der Waals surface area contributed by atoms with Crippen molar-refractivity contribution < 1.29 is 9.59 Å². The van der Waals surface area contributed by atoms with Crippen LogP contribution in [-0.4, -0.2) is 18.4 Å². The molecule has 1 fully saturated rings. The number of hydrogen-bond acceptors (Lipinski definition) is 2. The Morgan fingerprint density at radius 3 is 2.27 bits per heavy atom. The lowest BCUT2D eigenvalue weighted by atomic mass is 9.64. The van der Waals surface area contributed by atoms with E-state index < -0.39 is 5.41 Å². The SMILES string of the molecule is C=CCNC(=O)C1(c2ccc(NC(=O)c3ccc(C)cc3)cc2)CCC1. The van der Waals surface area contributed by atoms with Crippen LogP contribution in [0.5, 0.6) is 0 Å². The average molecular weight is 348 g/mol. The molecule has 2 aromatic carbocycles. The van der Waals surface area contributed by atoms with E-state index in [4.69, 9.17) is 0 Å². The Kier molecular flexibility index (Phi) is 5.21. The number of benzene rings is 2. The summed E-state index contributed by atoms with van der Waals surface area (Å²) in [5.41, 5.74) is 3.02. The Labute approximate surface area is 154 Å². The number of amides is 2. The lowest BCUT2D eigenvalue weighted by Crippen LogP contribution is -2.49. The second-order valence-electron chi connectivity index (χ2n) is 6.83.